The maximum atomic E-state index is 2.42. The highest BCUT2D eigenvalue weighted by Gasteiger charge is 2.36. The normalized spacial score (nSPS) is 12.5. The lowest BCUT2D eigenvalue weighted by molar-refractivity contribution is 0.661. The Bertz CT molecular complexity index is 3660. The van der Waals surface area contributed by atoms with Crippen LogP contribution in [-0.2, 0) is 5.41 Å². The molecule has 12 aromatic rings. The molecule has 13 rings (SSSR count). The minimum atomic E-state index is -0.132. The van der Waals surface area contributed by atoms with E-state index in [1.54, 1.807) is 0 Å². The van der Waals surface area contributed by atoms with E-state index in [4.69, 9.17) is 0 Å². The van der Waals surface area contributed by atoms with Gasteiger partial charge in [-0.25, -0.2) is 0 Å². The fraction of sp³-hybridized carbons (Fsp3) is 0.0423. The monoisotopic (exact) mass is 902 g/mol. The average molecular weight is 903 g/mol. The van der Waals surface area contributed by atoms with Gasteiger partial charge in [-0.3, -0.25) is 0 Å². The summed E-state index contributed by atoms with van der Waals surface area (Å²) in [7, 11) is 0. The molecule has 0 aliphatic heterocycles. The molecule has 0 nitrogen and oxygen atoms in total. The van der Waals surface area contributed by atoms with Crippen molar-refractivity contribution in [2.45, 2.75) is 19.3 Å². The molecule has 0 heteroatoms. The van der Waals surface area contributed by atoms with Crippen molar-refractivity contribution in [1.29, 1.82) is 0 Å². The number of rotatable bonds is 8. The van der Waals surface area contributed by atoms with Gasteiger partial charge in [-0.05, 0) is 145 Å². The first-order valence-corrected chi connectivity index (χ1v) is 24.8. The second kappa shape index (κ2) is 17.3. The van der Waals surface area contributed by atoms with Crippen molar-refractivity contribution in [2.24, 2.45) is 0 Å². The molecule has 0 N–H and O–H groups in total. The molecule has 1 aliphatic rings. The molecule has 0 saturated carbocycles. The van der Waals surface area contributed by atoms with Crippen molar-refractivity contribution in [1.82, 2.24) is 0 Å². The summed E-state index contributed by atoms with van der Waals surface area (Å²) in [5.41, 5.74) is 25.0. The molecule has 0 radical (unpaired) electrons. The molecule has 0 amide bonds. The van der Waals surface area contributed by atoms with E-state index in [-0.39, 0.29) is 5.41 Å². The maximum absolute atomic E-state index is 2.42. The van der Waals surface area contributed by atoms with E-state index in [2.05, 4.69) is 281 Å². The Hall–Kier alpha value is -8.84. The van der Waals surface area contributed by atoms with Gasteiger partial charge in [0.2, 0.25) is 0 Å². The predicted molar refractivity (Wildman–Crippen MR) is 303 cm³/mol. The van der Waals surface area contributed by atoms with Gasteiger partial charge in [0.1, 0.15) is 0 Å². The summed E-state index contributed by atoms with van der Waals surface area (Å²) in [6.45, 7) is 4.76. The Kier molecular flexibility index (Phi) is 10.3. The van der Waals surface area contributed by atoms with Crippen molar-refractivity contribution >= 4 is 21.5 Å². The van der Waals surface area contributed by atoms with E-state index >= 15 is 0 Å². The molecular formula is C71H50. The average Bonchev–Trinajstić information content (AvgIpc) is 3.67. The first kappa shape index (κ1) is 42.3. The molecule has 0 fully saturated rings. The first-order valence-electron chi connectivity index (χ1n) is 24.8. The van der Waals surface area contributed by atoms with Crippen LogP contribution < -0.4 is 0 Å². The third-order valence-electron chi connectivity index (χ3n) is 15.2. The molecule has 0 atom stereocenters. The Morgan fingerprint density at radius 1 is 0.197 bits per heavy atom. The zero-order valence-electron chi connectivity index (χ0n) is 39.9. The standard InChI is InChI=1S/C71H50/c1-71(2)69-45-61(55-29-25-51(26-30-55)47-17-21-49(22-18-47)53-33-37-59(38-34-53)65-15-7-11-57-9-3-5-13-63(57)65)41-43-67(69)68-44-42-62(46-70(68)71)56-31-27-52(28-32-56)48-19-23-50(24-20-48)54-35-39-60(40-36-54)66-16-8-12-58-10-4-6-14-64(58)66/h3-46H,1-2H3. The van der Waals surface area contributed by atoms with Crippen LogP contribution in [0.4, 0.5) is 0 Å². The summed E-state index contributed by atoms with van der Waals surface area (Å²) in [5.74, 6) is 0. The highest BCUT2D eigenvalue weighted by molar-refractivity contribution is 5.98. The minimum Gasteiger partial charge on any atom is -0.0616 e. The topological polar surface area (TPSA) is 0 Å². The Morgan fingerprint density at radius 3 is 0.746 bits per heavy atom. The molecule has 0 spiro atoms. The Labute approximate surface area is 416 Å². The molecule has 0 saturated heterocycles. The molecule has 1 aliphatic carbocycles. The molecule has 0 aromatic heterocycles. The zero-order valence-corrected chi connectivity index (χ0v) is 39.9. The van der Waals surface area contributed by atoms with Crippen molar-refractivity contribution in [3.05, 3.63) is 278 Å². The highest BCUT2D eigenvalue weighted by atomic mass is 14.4. The van der Waals surface area contributed by atoms with Crippen LogP contribution in [0.15, 0.2) is 267 Å². The van der Waals surface area contributed by atoms with E-state index in [0.29, 0.717) is 0 Å². The summed E-state index contributed by atoms with van der Waals surface area (Å²) >= 11 is 0. The lowest BCUT2D eigenvalue weighted by Gasteiger charge is -2.22. The number of benzene rings is 12. The smallest absolute Gasteiger partial charge is 0.0159 e. The summed E-state index contributed by atoms with van der Waals surface area (Å²) in [4.78, 5) is 0. The maximum Gasteiger partial charge on any atom is 0.0159 e. The molecular weight excluding hydrogens is 853 g/mol. The third-order valence-corrected chi connectivity index (χ3v) is 15.2. The molecule has 0 bridgehead atoms. The largest absolute Gasteiger partial charge is 0.0616 e. The van der Waals surface area contributed by atoms with Gasteiger partial charge in [-0.15, -0.1) is 0 Å². The van der Waals surface area contributed by atoms with E-state index < -0.39 is 0 Å². The number of fused-ring (bicyclic) bond motifs is 5. The van der Waals surface area contributed by atoms with Gasteiger partial charge < -0.3 is 0 Å². The van der Waals surface area contributed by atoms with Crippen LogP contribution in [0.1, 0.15) is 25.0 Å². The van der Waals surface area contributed by atoms with Gasteiger partial charge in [-0.1, -0.05) is 269 Å². The van der Waals surface area contributed by atoms with Crippen molar-refractivity contribution < 1.29 is 0 Å². The van der Waals surface area contributed by atoms with Gasteiger partial charge >= 0.3 is 0 Å². The van der Waals surface area contributed by atoms with Crippen LogP contribution >= 0.6 is 0 Å². The van der Waals surface area contributed by atoms with E-state index in [9.17, 15) is 0 Å². The van der Waals surface area contributed by atoms with Crippen molar-refractivity contribution in [2.75, 3.05) is 0 Å². The van der Waals surface area contributed by atoms with E-state index in [1.807, 2.05) is 0 Å². The SMILES string of the molecule is CC1(C)c2cc(-c3ccc(-c4ccc(-c5ccc(-c6cccc7ccccc67)cc5)cc4)cc3)ccc2-c2ccc(-c3ccc(-c4ccc(-c5ccc(-c6cccc7ccccc67)cc5)cc4)cc3)cc21. The van der Waals surface area contributed by atoms with Crippen molar-refractivity contribution in [3.63, 3.8) is 0 Å². The second-order valence-corrected chi connectivity index (χ2v) is 19.7. The fourth-order valence-corrected chi connectivity index (χ4v) is 11.2. The molecule has 334 valence electrons. The van der Waals surface area contributed by atoms with Gasteiger partial charge in [0.25, 0.3) is 0 Å². The van der Waals surface area contributed by atoms with Gasteiger partial charge in [-0.2, -0.15) is 0 Å². The van der Waals surface area contributed by atoms with Gasteiger partial charge in [0.15, 0.2) is 0 Å². The second-order valence-electron chi connectivity index (χ2n) is 19.7. The minimum absolute atomic E-state index is 0.132. The van der Waals surface area contributed by atoms with Crippen LogP contribution in [0.3, 0.4) is 0 Å². The number of hydrogen-bond donors (Lipinski definition) is 0. The van der Waals surface area contributed by atoms with Crippen LogP contribution in [0.25, 0.3) is 122 Å². The van der Waals surface area contributed by atoms with Crippen LogP contribution in [0.2, 0.25) is 0 Å². The first-order chi connectivity index (χ1) is 34.9. The summed E-state index contributed by atoms with van der Waals surface area (Å²) in [6.07, 6.45) is 0. The third kappa shape index (κ3) is 7.66. The lowest BCUT2D eigenvalue weighted by atomic mass is 9.80. The predicted octanol–water partition coefficient (Wildman–Crippen LogP) is 19.6. The number of hydrogen-bond acceptors (Lipinski definition) is 0. The van der Waals surface area contributed by atoms with Crippen LogP contribution in [0.5, 0.6) is 0 Å². The molecule has 71 heavy (non-hydrogen) atoms. The van der Waals surface area contributed by atoms with Crippen LogP contribution in [0, 0.1) is 0 Å². The molecule has 0 heterocycles. The fourth-order valence-electron chi connectivity index (χ4n) is 11.2. The van der Waals surface area contributed by atoms with Gasteiger partial charge in [0, 0.05) is 5.41 Å². The lowest BCUT2D eigenvalue weighted by Crippen LogP contribution is -2.15. The molecule has 12 aromatic carbocycles. The Balaban J connectivity index is 0.682. The summed E-state index contributed by atoms with van der Waals surface area (Å²) in [5, 5.41) is 5.10. The van der Waals surface area contributed by atoms with Crippen LogP contribution in [-0.4, -0.2) is 0 Å². The zero-order chi connectivity index (χ0) is 47.5. The molecule has 0 unspecified atom stereocenters. The van der Waals surface area contributed by atoms with E-state index in [0.717, 1.165) is 0 Å². The van der Waals surface area contributed by atoms with E-state index in [1.165, 1.54) is 133 Å². The summed E-state index contributed by atoms with van der Waals surface area (Å²) in [6, 6.07) is 98.4. The quantitative estimate of drug-likeness (QED) is 0.143. The summed E-state index contributed by atoms with van der Waals surface area (Å²) < 4.78 is 0. The Morgan fingerprint density at radius 2 is 0.437 bits per heavy atom. The highest BCUT2D eigenvalue weighted by Crippen LogP contribution is 2.51. The van der Waals surface area contributed by atoms with Crippen molar-refractivity contribution in [3.8, 4) is 100 Å². The van der Waals surface area contributed by atoms with Gasteiger partial charge in [0.05, 0.1) is 0 Å².